The largest absolute Gasteiger partial charge is 0.352 e. The van der Waals surface area contributed by atoms with E-state index in [1.54, 1.807) is 12.1 Å². The molecule has 0 radical (unpaired) electrons. The molecule has 0 saturated carbocycles. The Hall–Kier alpha value is -1.47. The van der Waals surface area contributed by atoms with Crippen LogP contribution in [0.5, 0.6) is 0 Å². The summed E-state index contributed by atoms with van der Waals surface area (Å²) in [7, 11) is -3.26. The molecule has 116 valence electrons. The van der Waals surface area contributed by atoms with Crippen molar-refractivity contribution in [3.63, 3.8) is 0 Å². The number of benzene rings is 1. The highest BCUT2D eigenvalue weighted by atomic mass is 32.2. The van der Waals surface area contributed by atoms with Crippen LogP contribution < -0.4 is 5.32 Å². The molecule has 0 aromatic heterocycles. The lowest BCUT2D eigenvalue weighted by atomic mass is 9.99. The number of hydrogen-bond donors (Lipinski definition) is 1. The molecule has 0 aliphatic carbocycles. The van der Waals surface area contributed by atoms with Gasteiger partial charge < -0.3 is 5.32 Å². The average molecular weight is 314 g/mol. The van der Waals surface area contributed by atoms with E-state index < -0.39 is 10.0 Å². The van der Waals surface area contributed by atoms with Crippen LogP contribution in [0.3, 0.4) is 0 Å². The van der Waals surface area contributed by atoms with Crippen LogP contribution in [0, 0.1) is 11.7 Å². The third kappa shape index (κ3) is 4.50. The molecule has 1 fully saturated rings. The lowest BCUT2D eigenvalue weighted by Crippen LogP contribution is -2.44. The first-order valence-corrected chi connectivity index (χ1v) is 8.68. The second-order valence-corrected chi connectivity index (χ2v) is 7.29. The second kappa shape index (κ2) is 6.53. The first kappa shape index (κ1) is 15.9. The van der Waals surface area contributed by atoms with Gasteiger partial charge >= 0.3 is 0 Å². The summed E-state index contributed by atoms with van der Waals surface area (Å²) in [6.45, 7) is 0.923. The zero-order valence-electron chi connectivity index (χ0n) is 11.9. The van der Waals surface area contributed by atoms with Gasteiger partial charge in [0, 0.05) is 19.6 Å². The molecule has 5 nitrogen and oxygen atoms in total. The summed E-state index contributed by atoms with van der Waals surface area (Å²) in [4.78, 5) is 12.1. The van der Waals surface area contributed by atoms with E-state index in [4.69, 9.17) is 0 Å². The van der Waals surface area contributed by atoms with Crippen molar-refractivity contribution < 1.29 is 17.6 Å². The molecule has 1 aliphatic rings. The Bertz CT molecular complexity index is 618. The van der Waals surface area contributed by atoms with Gasteiger partial charge in [-0.25, -0.2) is 17.1 Å². The molecule has 1 saturated heterocycles. The minimum Gasteiger partial charge on any atom is -0.352 e. The number of nitrogens with zero attached hydrogens (tertiary/aromatic N) is 1. The first-order valence-electron chi connectivity index (χ1n) is 6.83. The van der Waals surface area contributed by atoms with Crippen LogP contribution in [-0.2, 0) is 21.4 Å². The summed E-state index contributed by atoms with van der Waals surface area (Å²) in [5.74, 6) is -0.877. The van der Waals surface area contributed by atoms with Gasteiger partial charge in [-0.05, 0) is 30.5 Å². The molecule has 1 unspecified atom stereocenters. The normalized spacial score (nSPS) is 20.2. The van der Waals surface area contributed by atoms with E-state index in [1.165, 1.54) is 16.4 Å². The molecule has 1 aromatic rings. The standard InChI is InChI=1S/C14H19FN2O3S/c1-21(19,20)17-7-3-5-12(10-17)14(18)16-9-11-4-2-6-13(15)8-11/h2,4,6,8,12H,3,5,7,9-10H2,1H3,(H,16,18). The van der Waals surface area contributed by atoms with Crippen LogP contribution in [0.15, 0.2) is 24.3 Å². The number of rotatable bonds is 4. The third-order valence-electron chi connectivity index (χ3n) is 3.58. The number of halogens is 1. The topological polar surface area (TPSA) is 66.5 Å². The van der Waals surface area contributed by atoms with Crippen molar-refractivity contribution in [2.24, 2.45) is 5.92 Å². The maximum absolute atomic E-state index is 13.0. The highest BCUT2D eigenvalue weighted by molar-refractivity contribution is 7.88. The Morgan fingerprint density at radius 2 is 2.24 bits per heavy atom. The fourth-order valence-electron chi connectivity index (χ4n) is 2.44. The lowest BCUT2D eigenvalue weighted by Gasteiger charge is -2.30. The number of amides is 1. The number of carbonyl (C=O) groups is 1. The molecular weight excluding hydrogens is 295 g/mol. The zero-order chi connectivity index (χ0) is 15.5. The first-order chi connectivity index (χ1) is 9.86. The highest BCUT2D eigenvalue weighted by Gasteiger charge is 2.29. The van der Waals surface area contributed by atoms with Crippen LogP contribution in [0.4, 0.5) is 4.39 Å². The van der Waals surface area contributed by atoms with Crippen molar-refractivity contribution in [1.82, 2.24) is 9.62 Å². The number of hydrogen-bond acceptors (Lipinski definition) is 3. The third-order valence-corrected chi connectivity index (χ3v) is 4.85. The number of piperidine rings is 1. The molecule has 0 spiro atoms. The molecule has 0 bridgehead atoms. The minimum absolute atomic E-state index is 0.187. The van der Waals surface area contributed by atoms with Crippen LogP contribution in [0.25, 0.3) is 0 Å². The summed E-state index contributed by atoms with van der Waals surface area (Å²) in [5, 5.41) is 2.74. The van der Waals surface area contributed by atoms with Gasteiger partial charge in [-0.3, -0.25) is 4.79 Å². The van der Waals surface area contributed by atoms with Gasteiger partial charge in [-0.1, -0.05) is 12.1 Å². The molecule has 1 heterocycles. The fourth-order valence-corrected chi connectivity index (χ4v) is 3.35. The van der Waals surface area contributed by atoms with E-state index in [1.807, 2.05) is 0 Å². The van der Waals surface area contributed by atoms with Gasteiger partial charge in [0.15, 0.2) is 0 Å². The Balaban J connectivity index is 1.91. The van der Waals surface area contributed by atoms with Gasteiger partial charge in [0.1, 0.15) is 5.82 Å². The van der Waals surface area contributed by atoms with Crippen LogP contribution in [0.2, 0.25) is 0 Å². The summed E-state index contributed by atoms with van der Waals surface area (Å²) in [6.07, 6.45) is 2.49. The molecule has 1 amide bonds. The van der Waals surface area contributed by atoms with E-state index >= 15 is 0 Å². The van der Waals surface area contributed by atoms with E-state index in [0.29, 0.717) is 24.9 Å². The summed E-state index contributed by atoms with van der Waals surface area (Å²) >= 11 is 0. The predicted molar refractivity (Wildman–Crippen MR) is 77.4 cm³/mol. The van der Waals surface area contributed by atoms with Crippen molar-refractivity contribution in [2.45, 2.75) is 19.4 Å². The van der Waals surface area contributed by atoms with Crippen molar-refractivity contribution in [1.29, 1.82) is 0 Å². The molecule has 21 heavy (non-hydrogen) atoms. The zero-order valence-corrected chi connectivity index (χ0v) is 12.7. The second-order valence-electron chi connectivity index (χ2n) is 5.31. The van der Waals surface area contributed by atoms with Gasteiger partial charge in [-0.2, -0.15) is 0 Å². The van der Waals surface area contributed by atoms with Crippen LogP contribution in [0.1, 0.15) is 18.4 Å². The molecule has 2 rings (SSSR count). The van der Waals surface area contributed by atoms with Gasteiger partial charge in [0.05, 0.1) is 12.2 Å². The molecule has 1 aromatic carbocycles. The highest BCUT2D eigenvalue weighted by Crippen LogP contribution is 2.19. The number of carbonyl (C=O) groups excluding carboxylic acids is 1. The van der Waals surface area contributed by atoms with Gasteiger partial charge in [0.2, 0.25) is 15.9 Å². The monoisotopic (exact) mass is 314 g/mol. The van der Waals surface area contributed by atoms with E-state index in [-0.39, 0.29) is 30.7 Å². The van der Waals surface area contributed by atoms with Crippen LogP contribution >= 0.6 is 0 Å². The van der Waals surface area contributed by atoms with E-state index in [0.717, 1.165) is 6.26 Å². The smallest absolute Gasteiger partial charge is 0.224 e. The van der Waals surface area contributed by atoms with Crippen molar-refractivity contribution in [3.05, 3.63) is 35.6 Å². The van der Waals surface area contributed by atoms with E-state index in [9.17, 15) is 17.6 Å². The Morgan fingerprint density at radius 3 is 2.90 bits per heavy atom. The Morgan fingerprint density at radius 1 is 1.48 bits per heavy atom. The summed E-state index contributed by atoms with van der Waals surface area (Å²) in [6, 6.07) is 6.02. The fraction of sp³-hybridized carbons (Fsp3) is 0.500. The molecule has 1 N–H and O–H groups in total. The number of nitrogens with one attached hydrogen (secondary N) is 1. The molecule has 1 aliphatic heterocycles. The number of sulfonamides is 1. The Kier molecular flexibility index (Phi) is 4.95. The van der Waals surface area contributed by atoms with Crippen LogP contribution in [-0.4, -0.2) is 38.0 Å². The lowest BCUT2D eigenvalue weighted by molar-refractivity contribution is -0.126. The van der Waals surface area contributed by atoms with Crippen molar-refractivity contribution in [2.75, 3.05) is 19.3 Å². The van der Waals surface area contributed by atoms with Gasteiger partial charge in [-0.15, -0.1) is 0 Å². The maximum Gasteiger partial charge on any atom is 0.224 e. The summed E-state index contributed by atoms with van der Waals surface area (Å²) < 4.78 is 37.4. The van der Waals surface area contributed by atoms with Gasteiger partial charge in [0.25, 0.3) is 0 Å². The predicted octanol–water partition coefficient (Wildman–Crippen LogP) is 1.11. The average Bonchev–Trinajstić information content (AvgIpc) is 2.44. The molecule has 7 heteroatoms. The Labute approximate surface area is 124 Å². The minimum atomic E-state index is -3.26. The van der Waals surface area contributed by atoms with Crippen molar-refractivity contribution >= 4 is 15.9 Å². The molecule has 1 atom stereocenters. The SMILES string of the molecule is CS(=O)(=O)N1CCCC(C(=O)NCc2cccc(F)c2)C1. The molecular formula is C14H19FN2O3S. The summed E-state index contributed by atoms with van der Waals surface area (Å²) in [5.41, 5.74) is 0.680. The van der Waals surface area contributed by atoms with E-state index in [2.05, 4.69) is 5.32 Å². The quantitative estimate of drug-likeness (QED) is 0.905. The van der Waals surface area contributed by atoms with Crippen molar-refractivity contribution in [3.8, 4) is 0 Å². The maximum atomic E-state index is 13.0.